The molecule has 0 radical (unpaired) electrons. The molecule has 3 aliphatic rings. The Morgan fingerprint density at radius 1 is 0.737 bits per heavy atom. The minimum Gasteiger partial charge on any atom is -0.352 e. The van der Waals surface area contributed by atoms with Crippen molar-refractivity contribution in [2.75, 3.05) is 4.90 Å². The van der Waals surface area contributed by atoms with Gasteiger partial charge in [-0.2, -0.15) is 0 Å². The van der Waals surface area contributed by atoms with Crippen molar-refractivity contribution in [1.29, 1.82) is 0 Å². The SMILES string of the molecule is O=C(c1ccccc1)[C@@H]1[C@H](c2ccccc2F)C2(C(=O)c3ccccc3C2=O)[C@H]2C=Cc3ccccc3N12. The van der Waals surface area contributed by atoms with Gasteiger partial charge in [-0.05, 0) is 23.3 Å². The Morgan fingerprint density at radius 2 is 1.34 bits per heavy atom. The Balaban J connectivity index is 1.57. The zero-order valence-electron chi connectivity index (χ0n) is 20.3. The molecule has 1 spiro atoms. The van der Waals surface area contributed by atoms with E-state index >= 15 is 4.39 Å². The van der Waals surface area contributed by atoms with E-state index in [2.05, 4.69) is 0 Å². The van der Waals surface area contributed by atoms with Crippen LogP contribution in [0.3, 0.4) is 0 Å². The van der Waals surface area contributed by atoms with Crippen LogP contribution in [0.4, 0.5) is 10.1 Å². The Kier molecular flexibility index (Phi) is 4.86. The number of fused-ring (bicyclic) bond motifs is 5. The van der Waals surface area contributed by atoms with Crippen LogP contribution in [0.15, 0.2) is 109 Å². The number of carbonyl (C=O) groups is 3. The molecule has 0 saturated carbocycles. The second kappa shape index (κ2) is 8.18. The van der Waals surface area contributed by atoms with E-state index in [1.165, 1.54) is 6.07 Å². The van der Waals surface area contributed by atoms with Gasteiger partial charge in [-0.25, -0.2) is 4.39 Å². The summed E-state index contributed by atoms with van der Waals surface area (Å²) in [5, 5.41) is 0. The third kappa shape index (κ3) is 2.81. The first-order valence-corrected chi connectivity index (χ1v) is 12.6. The number of Topliss-reactive ketones (excluding diaryl/α,β-unsaturated/α-hetero) is 3. The number of hydrogen-bond donors (Lipinski definition) is 0. The highest BCUT2D eigenvalue weighted by Crippen LogP contribution is 2.61. The van der Waals surface area contributed by atoms with Crippen LogP contribution in [0, 0.1) is 11.2 Å². The average Bonchev–Trinajstić information content (AvgIpc) is 3.39. The predicted molar refractivity (Wildman–Crippen MR) is 143 cm³/mol. The molecule has 0 bridgehead atoms. The summed E-state index contributed by atoms with van der Waals surface area (Å²) < 4.78 is 15.7. The lowest BCUT2D eigenvalue weighted by Gasteiger charge is -2.37. The summed E-state index contributed by atoms with van der Waals surface area (Å²) in [6.07, 6.45) is 3.74. The number of hydrogen-bond acceptors (Lipinski definition) is 4. The quantitative estimate of drug-likeness (QED) is 0.251. The lowest BCUT2D eigenvalue weighted by atomic mass is 9.64. The van der Waals surface area contributed by atoms with Crippen LogP contribution < -0.4 is 4.90 Å². The second-order valence-electron chi connectivity index (χ2n) is 10.0. The van der Waals surface area contributed by atoms with E-state index in [1.54, 1.807) is 66.7 Å². The lowest BCUT2D eigenvalue weighted by molar-refractivity contribution is 0.0664. The normalized spacial score (nSPS) is 22.3. The van der Waals surface area contributed by atoms with Crippen molar-refractivity contribution in [3.63, 3.8) is 0 Å². The van der Waals surface area contributed by atoms with Gasteiger partial charge >= 0.3 is 0 Å². The van der Waals surface area contributed by atoms with Crippen molar-refractivity contribution in [3.8, 4) is 0 Å². The number of rotatable bonds is 3. The number of nitrogens with zero attached hydrogens (tertiary/aromatic N) is 1. The van der Waals surface area contributed by atoms with Gasteiger partial charge in [0.15, 0.2) is 17.3 Å². The summed E-state index contributed by atoms with van der Waals surface area (Å²) in [6, 6.07) is 27.6. The first-order chi connectivity index (χ1) is 18.5. The minimum absolute atomic E-state index is 0.191. The Morgan fingerprint density at radius 3 is 2.05 bits per heavy atom. The molecule has 0 unspecified atom stereocenters. The molecule has 4 nitrogen and oxygen atoms in total. The third-order valence-electron chi connectivity index (χ3n) is 8.28. The summed E-state index contributed by atoms with van der Waals surface area (Å²) in [5.74, 6) is -2.59. The molecule has 0 aromatic heterocycles. The van der Waals surface area contributed by atoms with Crippen molar-refractivity contribution in [1.82, 2.24) is 0 Å². The zero-order chi connectivity index (χ0) is 26.0. The van der Waals surface area contributed by atoms with E-state index in [1.807, 2.05) is 47.4 Å². The van der Waals surface area contributed by atoms with Crippen LogP contribution in [0.5, 0.6) is 0 Å². The van der Waals surface area contributed by atoms with Gasteiger partial charge in [0, 0.05) is 28.3 Å². The fourth-order valence-electron chi connectivity index (χ4n) is 6.76. The molecule has 2 heterocycles. The van der Waals surface area contributed by atoms with Gasteiger partial charge in [-0.15, -0.1) is 0 Å². The summed E-state index contributed by atoms with van der Waals surface area (Å²) >= 11 is 0. The van der Waals surface area contributed by atoms with E-state index in [0.29, 0.717) is 16.7 Å². The molecule has 2 aliphatic heterocycles. The largest absolute Gasteiger partial charge is 0.352 e. The minimum atomic E-state index is -1.70. The maximum atomic E-state index is 15.7. The average molecular weight is 500 g/mol. The lowest BCUT2D eigenvalue weighted by Crippen LogP contribution is -2.48. The number of ketones is 3. The van der Waals surface area contributed by atoms with Crippen LogP contribution in [-0.2, 0) is 0 Å². The predicted octanol–water partition coefficient (Wildman–Crippen LogP) is 6.14. The molecule has 7 rings (SSSR count). The molecular formula is C33H22FNO3. The number of anilines is 1. The van der Waals surface area contributed by atoms with E-state index < -0.39 is 29.2 Å². The highest BCUT2D eigenvalue weighted by Gasteiger charge is 2.71. The molecule has 184 valence electrons. The standard InChI is InChI=1S/C33H22FNO3/c34-25-16-8-7-15-24(25)28-29(30(36)21-11-2-1-3-12-21)35-26-17-9-4-10-20(26)18-19-27(35)33(28)31(37)22-13-5-6-14-23(22)32(33)38/h1-19,27-29H/t27-,28+,29+/m1/s1. The third-order valence-corrected chi connectivity index (χ3v) is 8.28. The van der Waals surface area contributed by atoms with Gasteiger partial charge in [0.1, 0.15) is 17.3 Å². The maximum Gasteiger partial charge on any atom is 0.185 e. The van der Waals surface area contributed by atoms with Crippen molar-refractivity contribution >= 4 is 29.1 Å². The van der Waals surface area contributed by atoms with E-state index in [-0.39, 0.29) is 22.9 Å². The fraction of sp³-hybridized carbons (Fsp3) is 0.121. The van der Waals surface area contributed by atoms with E-state index in [4.69, 9.17) is 0 Å². The Hall–Kier alpha value is -4.64. The number of benzene rings is 4. The Labute approximate surface area is 219 Å². The fourth-order valence-corrected chi connectivity index (χ4v) is 6.76. The molecule has 38 heavy (non-hydrogen) atoms. The van der Waals surface area contributed by atoms with Gasteiger partial charge in [0.25, 0.3) is 0 Å². The monoisotopic (exact) mass is 499 g/mol. The topological polar surface area (TPSA) is 54.5 Å². The van der Waals surface area contributed by atoms with Crippen LogP contribution in [0.1, 0.15) is 48.1 Å². The molecule has 4 aromatic carbocycles. The first-order valence-electron chi connectivity index (χ1n) is 12.6. The van der Waals surface area contributed by atoms with Crippen molar-refractivity contribution in [2.45, 2.75) is 18.0 Å². The maximum absolute atomic E-state index is 15.7. The highest BCUT2D eigenvalue weighted by molar-refractivity contribution is 6.32. The van der Waals surface area contributed by atoms with E-state index in [9.17, 15) is 14.4 Å². The van der Waals surface area contributed by atoms with Crippen molar-refractivity contribution < 1.29 is 18.8 Å². The van der Waals surface area contributed by atoms with Crippen molar-refractivity contribution in [3.05, 3.63) is 143 Å². The molecule has 5 heteroatoms. The first kappa shape index (κ1) is 22.5. The molecule has 0 N–H and O–H groups in total. The van der Waals surface area contributed by atoms with Gasteiger partial charge in [0.2, 0.25) is 0 Å². The van der Waals surface area contributed by atoms with Crippen LogP contribution in [0.25, 0.3) is 6.08 Å². The number of halogens is 1. The zero-order valence-corrected chi connectivity index (χ0v) is 20.3. The van der Waals surface area contributed by atoms with Gasteiger partial charge in [0.05, 0.1) is 6.04 Å². The summed E-state index contributed by atoms with van der Waals surface area (Å²) in [5.41, 5.74) is 1.18. The number of carbonyl (C=O) groups excluding carboxylic acids is 3. The van der Waals surface area contributed by atoms with E-state index in [0.717, 1.165) is 11.3 Å². The summed E-state index contributed by atoms with van der Waals surface area (Å²) in [6.45, 7) is 0. The molecule has 1 fully saturated rings. The summed E-state index contributed by atoms with van der Waals surface area (Å²) in [4.78, 5) is 45.3. The van der Waals surface area contributed by atoms with Gasteiger partial charge < -0.3 is 4.90 Å². The molecule has 0 amide bonds. The van der Waals surface area contributed by atoms with Crippen LogP contribution >= 0.6 is 0 Å². The number of para-hydroxylation sites is 1. The highest BCUT2D eigenvalue weighted by atomic mass is 19.1. The molecule has 1 saturated heterocycles. The molecule has 1 aliphatic carbocycles. The van der Waals surface area contributed by atoms with Gasteiger partial charge in [-0.1, -0.05) is 103 Å². The smallest absolute Gasteiger partial charge is 0.185 e. The van der Waals surface area contributed by atoms with Crippen molar-refractivity contribution in [2.24, 2.45) is 5.41 Å². The van der Waals surface area contributed by atoms with Crippen LogP contribution in [0.2, 0.25) is 0 Å². The van der Waals surface area contributed by atoms with Gasteiger partial charge in [-0.3, -0.25) is 14.4 Å². The molecule has 3 atom stereocenters. The summed E-state index contributed by atoms with van der Waals surface area (Å²) in [7, 11) is 0. The van der Waals surface area contributed by atoms with Crippen LogP contribution in [-0.4, -0.2) is 29.4 Å². The molecule has 4 aromatic rings. The Bertz CT molecular complexity index is 1640. The second-order valence-corrected chi connectivity index (χ2v) is 10.0. The molecular weight excluding hydrogens is 477 g/mol.